The van der Waals surface area contributed by atoms with Crippen molar-refractivity contribution in [3.8, 4) is 0 Å². The number of hydrogen-bond donors (Lipinski definition) is 2. The number of carbonyl (C=O) groups excluding carboxylic acids is 1. The van der Waals surface area contributed by atoms with Crippen LogP contribution in [0.25, 0.3) is 0 Å². The molecule has 0 rings (SSSR count). The maximum Gasteiger partial charge on any atom is 0.236 e. The summed E-state index contributed by atoms with van der Waals surface area (Å²) in [5.41, 5.74) is 5.18. The van der Waals surface area contributed by atoms with Gasteiger partial charge in [-0.2, -0.15) is 0 Å². The Balaban J connectivity index is 4.30. The van der Waals surface area contributed by atoms with Gasteiger partial charge in [-0.15, -0.1) is 0 Å². The van der Waals surface area contributed by atoms with Crippen LogP contribution in [0.1, 0.15) is 13.8 Å². The number of amides is 1. The number of sulfonamides is 1. The summed E-state index contributed by atoms with van der Waals surface area (Å²) >= 11 is 0. The van der Waals surface area contributed by atoms with E-state index in [2.05, 4.69) is 5.32 Å². The fourth-order valence-electron chi connectivity index (χ4n) is 1.14. The second-order valence-electron chi connectivity index (χ2n) is 2.98. The second kappa shape index (κ2) is 6.76. The van der Waals surface area contributed by atoms with Gasteiger partial charge in [0.2, 0.25) is 15.9 Å². The van der Waals surface area contributed by atoms with E-state index >= 15 is 0 Å². The summed E-state index contributed by atoms with van der Waals surface area (Å²) in [6, 6.07) is 0. The molecule has 0 spiro atoms. The predicted octanol–water partition coefficient (Wildman–Crippen LogP) is -1.27. The zero-order chi connectivity index (χ0) is 11.9. The monoisotopic (exact) mass is 237 g/mol. The summed E-state index contributed by atoms with van der Waals surface area (Å²) < 4.78 is 24.5. The first-order chi connectivity index (χ1) is 6.97. The van der Waals surface area contributed by atoms with Gasteiger partial charge in [0.1, 0.15) is 5.75 Å². The van der Waals surface area contributed by atoms with E-state index < -0.39 is 21.7 Å². The van der Waals surface area contributed by atoms with Crippen LogP contribution < -0.4 is 11.1 Å². The molecule has 3 N–H and O–H groups in total. The van der Waals surface area contributed by atoms with Crippen LogP contribution in [0.3, 0.4) is 0 Å². The van der Waals surface area contributed by atoms with Crippen LogP contribution in [0, 0.1) is 0 Å². The smallest absolute Gasteiger partial charge is 0.236 e. The highest BCUT2D eigenvalue weighted by Crippen LogP contribution is 1.99. The highest BCUT2D eigenvalue weighted by atomic mass is 32.2. The second-order valence-corrected chi connectivity index (χ2v) is 4.95. The molecule has 0 aliphatic heterocycles. The van der Waals surface area contributed by atoms with Gasteiger partial charge < -0.3 is 11.1 Å². The van der Waals surface area contributed by atoms with Crippen molar-refractivity contribution in [1.82, 2.24) is 9.62 Å². The molecule has 0 unspecified atom stereocenters. The number of hydrogen-bond acceptors (Lipinski definition) is 4. The van der Waals surface area contributed by atoms with Crippen LogP contribution in [-0.2, 0) is 14.8 Å². The molecular formula is C8H19N3O3S. The molecule has 0 bridgehead atoms. The average Bonchev–Trinajstić information content (AvgIpc) is 2.15. The summed E-state index contributed by atoms with van der Waals surface area (Å²) in [5.74, 6) is -1.01. The van der Waals surface area contributed by atoms with Crippen LogP contribution in [0.2, 0.25) is 0 Å². The molecule has 90 valence electrons. The zero-order valence-electron chi connectivity index (χ0n) is 9.19. The highest BCUT2D eigenvalue weighted by molar-refractivity contribution is 7.89. The van der Waals surface area contributed by atoms with Gasteiger partial charge >= 0.3 is 0 Å². The van der Waals surface area contributed by atoms with Crippen LogP contribution in [0.5, 0.6) is 0 Å². The van der Waals surface area contributed by atoms with Crippen molar-refractivity contribution >= 4 is 15.9 Å². The van der Waals surface area contributed by atoms with Crippen molar-refractivity contribution in [2.24, 2.45) is 5.73 Å². The largest absolute Gasteiger partial charge is 0.354 e. The van der Waals surface area contributed by atoms with Crippen LogP contribution in [-0.4, -0.2) is 50.6 Å². The molecule has 6 nitrogen and oxygen atoms in total. The van der Waals surface area contributed by atoms with Gasteiger partial charge in [0, 0.05) is 26.2 Å². The van der Waals surface area contributed by atoms with E-state index in [1.807, 2.05) is 0 Å². The maximum atomic E-state index is 11.6. The van der Waals surface area contributed by atoms with E-state index in [0.29, 0.717) is 26.2 Å². The third-order valence-corrected chi connectivity index (χ3v) is 3.81. The van der Waals surface area contributed by atoms with Crippen molar-refractivity contribution in [3.05, 3.63) is 0 Å². The van der Waals surface area contributed by atoms with Crippen molar-refractivity contribution in [1.29, 1.82) is 0 Å². The Morgan fingerprint density at radius 3 is 2.27 bits per heavy atom. The van der Waals surface area contributed by atoms with Gasteiger partial charge in [0.05, 0.1) is 0 Å². The molecule has 0 heterocycles. The Bertz CT molecular complexity index is 286. The van der Waals surface area contributed by atoms with E-state index in [4.69, 9.17) is 5.73 Å². The lowest BCUT2D eigenvalue weighted by molar-refractivity contribution is -0.118. The highest BCUT2D eigenvalue weighted by Gasteiger charge is 2.22. The van der Waals surface area contributed by atoms with Gasteiger partial charge in [-0.1, -0.05) is 13.8 Å². The van der Waals surface area contributed by atoms with Crippen LogP contribution >= 0.6 is 0 Å². The first-order valence-electron chi connectivity index (χ1n) is 4.92. The number of nitrogens with zero attached hydrogens (tertiary/aromatic N) is 1. The molecule has 0 aromatic carbocycles. The standard InChI is InChI=1S/C8H19N3O3S/c1-3-11(4-2)15(13,14)7-8(12)10-6-5-9/h3-7,9H2,1-2H3,(H,10,12). The topological polar surface area (TPSA) is 92.5 Å². The van der Waals surface area contributed by atoms with Gasteiger partial charge in [-0.25, -0.2) is 12.7 Å². The van der Waals surface area contributed by atoms with E-state index in [9.17, 15) is 13.2 Å². The number of nitrogens with two attached hydrogens (primary N) is 1. The van der Waals surface area contributed by atoms with Crippen LogP contribution in [0.15, 0.2) is 0 Å². The molecular weight excluding hydrogens is 218 g/mol. The molecule has 15 heavy (non-hydrogen) atoms. The van der Waals surface area contributed by atoms with E-state index in [1.54, 1.807) is 13.8 Å². The summed E-state index contributed by atoms with van der Waals surface area (Å²) in [6.07, 6.45) is 0. The Labute approximate surface area is 90.9 Å². The minimum Gasteiger partial charge on any atom is -0.354 e. The van der Waals surface area contributed by atoms with E-state index in [1.165, 1.54) is 4.31 Å². The number of rotatable bonds is 7. The quantitative estimate of drug-likeness (QED) is 0.577. The van der Waals surface area contributed by atoms with Crippen LogP contribution in [0.4, 0.5) is 0 Å². The van der Waals surface area contributed by atoms with E-state index in [0.717, 1.165) is 0 Å². The molecule has 0 aromatic heterocycles. The van der Waals surface area contributed by atoms with Crippen molar-refractivity contribution in [2.75, 3.05) is 31.9 Å². The van der Waals surface area contributed by atoms with Gasteiger partial charge in [0.25, 0.3) is 0 Å². The Kier molecular flexibility index (Phi) is 6.46. The average molecular weight is 237 g/mol. The lowest BCUT2D eigenvalue weighted by atomic mass is 10.6. The third kappa shape index (κ3) is 5.10. The first-order valence-corrected chi connectivity index (χ1v) is 6.53. The molecule has 0 saturated carbocycles. The van der Waals surface area contributed by atoms with Crippen molar-refractivity contribution < 1.29 is 13.2 Å². The molecule has 0 radical (unpaired) electrons. The minimum absolute atomic E-state index is 0.298. The molecule has 0 saturated heterocycles. The molecule has 0 aromatic rings. The molecule has 7 heteroatoms. The summed E-state index contributed by atoms with van der Waals surface area (Å²) in [6.45, 7) is 4.83. The summed E-state index contributed by atoms with van der Waals surface area (Å²) in [7, 11) is -3.47. The number of nitrogens with one attached hydrogen (secondary N) is 1. The SMILES string of the molecule is CCN(CC)S(=O)(=O)CC(=O)NCCN. The third-order valence-electron chi connectivity index (χ3n) is 1.88. The zero-order valence-corrected chi connectivity index (χ0v) is 10.0. The lowest BCUT2D eigenvalue weighted by Gasteiger charge is -2.17. The van der Waals surface area contributed by atoms with Crippen molar-refractivity contribution in [3.63, 3.8) is 0 Å². The maximum absolute atomic E-state index is 11.6. The lowest BCUT2D eigenvalue weighted by Crippen LogP contribution is -2.40. The Hall–Kier alpha value is -0.660. The Morgan fingerprint density at radius 1 is 1.33 bits per heavy atom. The van der Waals surface area contributed by atoms with Gasteiger partial charge in [-0.05, 0) is 0 Å². The van der Waals surface area contributed by atoms with Gasteiger partial charge in [-0.3, -0.25) is 4.79 Å². The molecule has 0 aliphatic carbocycles. The molecule has 0 aliphatic rings. The molecule has 0 fully saturated rings. The Morgan fingerprint density at radius 2 is 1.87 bits per heavy atom. The summed E-state index contributed by atoms with van der Waals surface area (Å²) in [5, 5.41) is 2.42. The van der Waals surface area contributed by atoms with Gasteiger partial charge in [0.15, 0.2) is 0 Å². The summed E-state index contributed by atoms with van der Waals surface area (Å²) in [4.78, 5) is 11.2. The minimum atomic E-state index is -3.47. The fourth-order valence-corrected chi connectivity index (χ4v) is 2.54. The molecule has 1 amide bonds. The van der Waals surface area contributed by atoms with E-state index in [-0.39, 0.29) is 0 Å². The first kappa shape index (κ1) is 14.3. The normalized spacial score (nSPS) is 11.7. The molecule has 0 atom stereocenters. The predicted molar refractivity (Wildman–Crippen MR) is 58.8 cm³/mol. The van der Waals surface area contributed by atoms with Crippen molar-refractivity contribution in [2.45, 2.75) is 13.8 Å². The number of carbonyl (C=O) groups is 1. The fraction of sp³-hybridized carbons (Fsp3) is 0.875.